The van der Waals surface area contributed by atoms with E-state index in [1.54, 1.807) is 0 Å². The molecule has 1 atom stereocenters. The first-order chi connectivity index (χ1) is 7.00. The lowest BCUT2D eigenvalue weighted by atomic mass is 10.2. The summed E-state index contributed by atoms with van der Waals surface area (Å²) in [6.45, 7) is 1.40. The fraction of sp³-hybridized carbons (Fsp3) is 0.300. The van der Waals surface area contributed by atoms with Crippen molar-refractivity contribution in [3.05, 3.63) is 35.9 Å². The molecule has 0 bridgehead atoms. The molecule has 1 unspecified atom stereocenters. The number of aliphatic hydroxyl groups is 1. The van der Waals surface area contributed by atoms with Crippen molar-refractivity contribution in [1.82, 2.24) is 5.48 Å². The van der Waals surface area contributed by atoms with Gasteiger partial charge in [-0.1, -0.05) is 30.3 Å². The normalized spacial score (nSPS) is 14.3. The van der Waals surface area contributed by atoms with Gasteiger partial charge in [-0.25, -0.2) is 5.48 Å². The zero-order chi connectivity index (χ0) is 11.3. The van der Waals surface area contributed by atoms with Gasteiger partial charge < -0.3 is 5.11 Å². The lowest BCUT2D eigenvalue weighted by Gasteiger charge is -2.15. The molecule has 1 amide bonds. The first-order valence-corrected chi connectivity index (χ1v) is 4.47. The van der Waals surface area contributed by atoms with Gasteiger partial charge in [0.15, 0.2) is 5.72 Å². The van der Waals surface area contributed by atoms with Crippen molar-refractivity contribution in [2.75, 3.05) is 0 Å². The quantitative estimate of drug-likeness (QED) is 0.478. The van der Waals surface area contributed by atoms with E-state index in [1.807, 2.05) is 30.3 Å². The lowest BCUT2D eigenvalue weighted by molar-refractivity contribution is -0.151. The second-order valence-corrected chi connectivity index (χ2v) is 3.35. The predicted molar refractivity (Wildman–Crippen MR) is 54.2 cm³/mol. The molecule has 0 aromatic heterocycles. The number of benzene rings is 1. The number of hydrogen-bond acceptors (Lipinski definition) is 4. The summed E-state index contributed by atoms with van der Waals surface area (Å²) < 4.78 is 0. The van der Waals surface area contributed by atoms with Crippen molar-refractivity contribution in [3.8, 4) is 0 Å². The number of carbonyl (C=O) groups is 1. The summed E-state index contributed by atoms with van der Waals surface area (Å²) in [6, 6.07) is 9.31. The Morgan fingerprint density at radius 3 is 2.67 bits per heavy atom. The molecular formula is C10H14N2O3. The van der Waals surface area contributed by atoms with E-state index >= 15 is 0 Å². The smallest absolute Gasteiger partial charge is 0.290 e. The monoisotopic (exact) mass is 210 g/mol. The Kier molecular flexibility index (Phi) is 3.79. The van der Waals surface area contributed by atoms with E-state index in [-0.39, 0.29) is 6.61 Å². The average Bonchev–Trinajstić information content (AvgIpc) is 2.18. The van der Waals surface area contributed by atoms with Crippen LogP contribution < -0.4 is 11.2 Å². The molecule has 15 heavy (non-hydrogen) atoms. The maximum Gasteiger partial charge on any atom is 0.290 e. The summed E-state index contributed by atoms with van der Waals surface area (Å²) >= 11 is 0. The number of hydroxylamine groups is 1. The summed E-state index contributed by atoms with van der Waals surface area (Å²) in [5, 5.41) is 9.07. The van der Waals surface area contributed by atoms with Crippen molar-refractivity contribution in [1.29, 1.82) is 0 Å². The van der Waals surface area contributed by atoms with Crippen LogP contribution in [0.3, 0.4) is 0 Å². The van der Waals surface area contributed by atoms with Crippen molar-refractivity contribution >= 4 is 5.91 Å². The minimum Gasteiger partial charge on any atom is -0.368 e. The van der Waals surface area contributed by atoms with E-state index in [4.69, 9.17) is 15.7 Å². The second-order valence-electron chi connectivity index (χ2n) is 3.35. The molecule has 1 rings (SSSR count). The highest BCUT2D eigenvalue weighted by Crippen LogP contribution is 1.99. The molecule has 1 aromatic rings. The van der Waals surface area contributed by atoms with Crippen molar-refractivity contribution in [2.45, 2.75) is 19.3 Å². The van der Waals surface area contributed by atoms with E-state index in [0.29, 0.717) is 0 Å². The molecule has 5 nitrogen and oxygen atoms in total. The zero-order valence-electron chi connectivity index (χ0n) is 8.43. The van der Waals surface area contributed by atoms with Crippen LogP contribution in [0.25, 0.3) is 0 Å². The SMILES string of the molecule is CC(N)(O)C(=O)NOCc1ccccc1. The zero-order valence-corrected chi connectivity index (χ0v) is 8.43. The number of nitrogens with one attached hydrogen (secondary N) is 1. The third kappa shape index (κ3) is 4.07. The summed E-state index contributed by atoms with van der Waals surface area (Å²) in [5.74, 6) is -0.779. The second kappa shape index (κ2) is 4.88. The molecule has 0 aliphatic rings. The molecule has 0 aliphatic carbocycles. The molecule has 82 valence electrons. The first kappa shape index (κ1) is 11.6. The highest BCUT2D eigenvalue weighted by Gasteiger charge is 2.24. The predicted octanol–water partition coefficient (Wildman–Crippen LogP) is -0.0984. The molecule has 0 spiro atoms. The van der Waals surface area contributed by atoms with Crippen LogP contribution in [0.4, 0.5) is 0 Å². The molecule has 1 aromatic carbocycles. The number of nitrogens with two attached hydrogens (primary N) is 1. The van der Waals surface area contributed by atoms with Crippen molar-refractivity contribution < 1.29 is 14.7 Å². The molecule has 0 fully saturated rings. The Labute approximate surface area is 87.8 Å². The van der Waals surface area contributed by atoms with Crippen LogP contribution >= 0.6 is 0 Å². The van der Waals surface area contributed by atoms with Gasteiger partial charge in [0.05, 0.1) is 6.61 Å². The molecule has 0 heterocycles. The highest BCUT2D eigenvalue weighted by atomic mass is 16.7. The van der Waals surface area contributed by atoms with Crippen LogP contribution in [-0.4, -0.2) is 16.7 Å². The number of carbonyl (C=O) groups excluding carboxylic acids is 1. The average molecular weight is 210 g/mol. The lowest BCUT2D eigenvalue weighted by Crippen LogP contribution is -2.51. The molecule has 0 saturated heterocycles. The number of hydrogen-bond donors (Lipinski definition) is 3. The van der Waals surface area contributed by atoms with Gasteiger partial charge in [0.1, 0.15) is 0 Å². The Bertz CT molecular complexity index is 319. The Hall–Kier alpha value is -1.43. The van der Waals surface area contributed by atoms with Crippen LogP contribution in [0, 0.1) is 0 Å². The molecular weight excluding hydrogens is 196 g/mol. The van der Waals surface area contributed by atoms with Gasteiger partial charge in [-0.05, 0) is 12.5 Å². The van der Waals surface area contributed by atoms with Gasteiger partial charge >= 0.3 is 0 Å². The van der Waals surface area contributed by atoms with Gasteiger partial charge in [0, 0.05) is 0 Å². The number of rotatable bonds is 4. The fourth-order valence-corrected chi connectivity index (χ4v) is 0.863. The Morgan fingerprint density at radius 2 is 2.13 bits per heavy atom. The summed E-state index contributed by atoms with van der Waals surface area (Å²) in [4.78, 5) is 15.9. The minimum atomic E-state index is -1.92. The van der Waals surface area contributed by atoms with E-state index in [1.165, 1.54) is 6.92 Å². The standard InChI is InChI=1S/C10H14N2O3/c1-10(11,14)9(13)12-15-7-8-5-3-2-4-6-8/h2-6,14H,7,11H2,1H3,(H,12,13). The summed E-state index contributed by atoms with van der Waals surface area (Å²) in [7, 11) is 0. The Morgan fingerprint density at radius 1 is 1.53 bits per heavy atom. The molecule has 0 aliphatic heterocycles. The molecule has 5 heteroatoms. The van der Waals surface area contributed by atoms with Crippen LogP contribution in [0.15, 0.2) is 30.3 Å². The fourth-order valence-electron chi connectivity index (χ4n) is 0.863. The van der Waals surface area contributed by atoms with Gasteiger partial charge in [0.2, 0.25) is 0 Å². The maximum absolute atomic E-state index is 11.0. The molecule has 0 radical (unpaired) electrons. The van der Waals surface area contributed by atoms with Gasteiger partial charge in [-0.15, -0.1) is 0 Å². The highest BCUT2D eigenvalue weighted by molar-refractivity contribution is 5.82. The largest absolute Gasteiger partial charge is 0.368 e. The minimum absolute atomic E-state index is 0.225. The molecule has 4 N–H and O–H groups in total. The third-order valence-electron chi connectivity index (χ3n) is 1.71. The van der Waals surface area contributed by atoms with Crippen molar-refractivity contribution in [3.63, 3.8) is 0 Å². The van der Waals surface area contributed by atoms with Crippen LogP contribution in [-0.2, 0) is 16.2 Å². The molecule has 0 saturated carbocycles. The van der Waals surface area contributed by atoms with E-state index in [0.717, 1.165) is 5.56 Å². The first-order valence-electron chi connectivity index (χ1n) is 4.47. The van der Waals surface area contributed by atoms with Crippen LogP contribution in [0.5, 0.6) is 0 Å². The van der Waals surface area contributed by atoms with E-state index in [2.05, 4.69) is 5.48 Å². The van der Waals surface area contributed by atoms with E-state index < -0.39 is 11.6 Å². The van der Waals surface area contributed by atoms with Gasteiger partial charge in [0.25, 0.3) is 5.91 Å². The summed E-state index contributed by atoms with van der Waals surface area (Å²) in [5.41, 5.74) is 6.17. The summed E-state index contributed by atoms with van der Waals surface area (Å²) in [6.07, 6.45) is 0. The maximum atomic E-state index is 11.0. The Balaban J connectivity index is 2.32. The van der Waals surface area contributed by atoms with Crippen LogP contribution in [0.1, 0.15) is 12.5 Å². The van der Waals surface area contributed by atoms with Crippen molar-refractivity contribution in [2.24, 2.45) is 5.73 Å². The van der Waals surface area contributed by atoms with Gasteiger partial charge in [-0.2, -0.15) is 0 Å². The van der Waals surface area contributed by atoms with Gasteiger partial charge in [-0.3, -0.25) is 15.4 Å². The third-order valence-corrected chi connectivity index (χ3v) is 1.71. The van der Waals surface area contributed by atoms with Crippen LogP contribution in [0.2, 0.25) is 0 Å². The topological polar surface area (TPSA) is 84.6 Å². The van der Waals surface area contributed by atoms with E-state index in [9.17, 15) is 4.79 Å². The number of amides is 1.